The van der Waals surface area contributed by atoms with E-state index in [0.717, 1.165) is 23.9 Å². The number of hydrogen-bond donors (Lipinski definition) is 3. The van der Waals surface area contributed by atoms with Crippen molar-refractivity contribution in [3.8, 4) is 11.1 Å². The number of fused-ring (bicyclic) bond motifs is 1. The van der Waals surface area contributed by atoms with Crippen molar-refractivity contribution in [1.82, 2.24) is 25.9 Å². The van der Waals surface area contributed by atoms with Crippen molar-refractivity contribution in [2.75, 3.05) is 13.6 Å². The monoisotopic (exact) mass is 400 g/mol. The van der Waals surface area contributed by atoms with E-state index in [1.54, 1.807) is 0 Å². The quantitative estimate of drug-likeness (QED) is 0.724. The normalized spacial score (nSPS) is 17.5. The Bertz CT molecular complexity index is 1010. The van der Waals surface area contributed by atoms with Crippen molar-refractivity contribution in [1.29, 1.82) is 0 Å². The Morgan fingerprint density at radius 1 is 1.28 bits per heavy atom. The van der Waals surface area contributed by atoms with Crippen LogP contribution in [0.25, 0.3) is 11.1 Å². The molecule has 0 saturated carbocycles. The SMILES string of the molecule is C[C@H](C1=CNNN1C)N1CCc2c(-c3ccc(F)cc3F)cc(C(N)=O)nc2C1. The van der Waals surface area contributed by atoms with Crippen LogP contribution in [-0.2, 0) is 13.0 Å². The van der Waals surface area contributed by atoms with Gasteiger partial charge in [0, 0.05) is 38.0 Å². The van der Waals surface area contributed by atoms with Crippen molar-refractivity contribution >= 4 is 5.91 Å². The molecule has 4 rings (SSSR count). The first-order valence-electron chi connectivity index (χ1n) is 9.32. The molecule has 0 unspecified atom stereocenters. The third kappa shape index (κ3) is 3.54. The molecule has 2 aliphatic heterocycles. The average Bonchev–Trinajstić information content (AvgIpc) is 3.12. The lowest BCUT2D eigenvalue weighted by Crippen LogP contribution is -2.44. The summed E-state index contributed by atoms with van der Waals surface area (Å²) in [7, 11) is 1.92. The molecule has 1 amide bonds. The zero-order chi connectivity index (χ0) is 20.7. The van der Waals surface area contributed by atoms with Gasteiger partial charge in [0.25, 0.3) is 5.91 Å². The number of hydrazine groups is 2. The predicted octanol–water partition coefficient (Wildman–Crippen LogP) is 1.67. The van der Waals surface area contributed by atoms with Crippen molar-refractivity contribution in [2.45, 2.75) is 25.9 Å². The summed E-state index contributed by atoms with van der Waals surface area (Å²) in [6.07, 6.45) is 2.52. The number of hydrogen-bond acceptors (Lipinski definition) is 6. The van der Waals surface area contributed by atoms with Crippen LogP contribution in [0, 0.1) is 11.6 Å². The molecule has 7 nitrogen and oxygen atoms in total. The van der Waals surface area contributed by atoms with E-state index in [1.807, 2.05) is 18.3 Å². The van der Waals surface area contributed by atoms with E-state index in [4.69, 9.17) is 5.73 Å². The van der Waals surface area contributed by atoms with Gasteiger partial charge in [-0.15, -0.1) is 5.53 Å². The van der Waals surface area contributed by atoms with Gasteiger partial charge in [-0.1, -0.05) is 0 Å². The van der Waals surface area contributed by atoms with Crippen molar-refractivity contribution in [3.63, 3.8) is 0 Å². The number of halogens is 2. The summed E-state index contributed by atoms with van der Waals surface area (Å²) in [5.41, 5.74) is 14.9. The summed E-state index contributed by atoms with van der Waals surface area (Å²) in [5.74, 6) is -2.02. The van der Waals surface area contributed by atoms with Gasteiger partial charge in [-0.05, 0) is 42.7 Å². The van der Waals surface area contributed by atoms with Gasteiger partial charge in [-0.3, -0.25) is 14.7 Å². The molecular formula is C20H22F2N6O. The number of nitrogens with zero attached hydrogens (tertiary/aromatic N) is 3. The second kappa shape index (κ2) is 7.41. The Kier molecular flexibility index (Phi) is 4.93. The lowest BCUT2D eigenvalue weighted by atomic mass is 9.92. The van der Waals surface area contributed by atoms with Crippen LogP contribution in [-0.4, -0.2) is 40.4 Å². The first kappa shape index (κ1) is 19.3. The topological polar surface area (TPSA) is 86.5 Å². The molecule has 0 radical (unpaired) electrons. The van der Waals surface area contributed by atoms with Crippen LogP contribution in [0.15, 0.2) is 36.2 Å². The molecule has 29 heavy (non-hydrogen) atoms. The van der Waals surface area contributed by atoms with E-state index in [1.165, 1.54) is 18.2 Å². The van der Waals surface area contributed by atoms with Crippen molar-refractivity contribution in [3.05, 3.63) is 64.7 Å². The summed E-state index contributed by atoms with van der Waals surface area (Å²) in [5, 5.41) is 1.90. The Morgan fingerprint density at radius 2 is 2.07 bits per heavy atom. The molecule has 0 bridgehead atoms. The second-order valence-electron chi connectivity index (χ2n) is 7.25. The van der Waals surface area contributed by atoms with E-state index in [0.29, 0.717) is 24.2 Å². The summed E-state index contributed by atoms with van der Waals surface area (Å²) < 4.78 is 27.9. The molecule has 0 aliphatic carbocycles. The minimum atomic E-state index is -0.687. The van der Waals surface area contributed by atoms with Crippen LogP contribution in [0.1, 0.15) is 28.7 Å². The smallest absolute Gasteiger partial charge is 0.267 e. The number of nitrogens with two attached hydrogens (primary N) is 1. The van der Waals surface area contributed by atoms with E-state index < -0.39 is 17.5 Å². The summed E-state index contributed by atoms with van der Waals surface area (Å²) in [6.45, 7) is 3.30. The van der Waals surface area contributed by atoms with Crippen LogP contribution in [0.4, 0.5) is 8.78 Å². The summed E-state index contributed by atoms with van der Waals surface area (Å²) in [6, 6.07) is 5.01. The van der Waals surface area contributed by atoms with Gasteiger partial charge in [0.15, 0.2) is 0 Å². The minimum Gasteiger partial charge on any atom is -0.364 e. The predicted molar refractivity (Wildman–Crippen MR) is 104 cm³/mol. The molecular weight excluding hydrogens is 378 g/mol. The van der Waals surface area contributed by atoms with E-state index >= 15 is 0 Å². The van der Waals surface area contributed by atoms with Gasteiger partial charge in [0.1, 0.15) is 17.3 Å². The largest absolute Gasteiger partial charge is 0.364 e. The van der Waals surface area contributed by atoms with Gasteiger partial charge in [-0.2, -0.15) is 0 Å². The molecule has 4 N–H and O–H groups in total. The van der Waals surface area contributed by atoms with Gasteiger partial charge in [0.2, 0.25) is 0 Å². The molecule has 0 fully saturated rings. The number of likely N-dealkylation sites (N-methyl/N-ethyl adjacent to an activating group) is 1. The van der Waals surface area contributed by atoms with Gasteiger partial charge >= 0.3 is 0 Å². The van der Waals surface area contributed by atoms with Crippen LogP contribution < -0.4 is 16.7 Å². The summed E-state index contributed by atoms with van der Waals surface area (Å²) in [4.78, 5) is 18.5. The summed E-state index contributed by atoms with van der Waals surface area (Å²) >= 11 is 0. The number of carbonyl (C=O) groups excluding carboxylic acids is 1. The van der Waals surface area contributed by atoms with Gasteiger partial charge in [-0.25, -0.2) is 13.8 Å². The Labute approximate surface area is 167 Å². The number of benzene rings is 1. The molecule has 9 heteroatoms. The highest BCUT2D eigenvalue weighted by atomic mass is 19.1. The Balaban J connectivity index is 1.74. The molecule has 1 aromatic heterocycles. The number of amides is 1. The maximum Gasteiger partial charge on any atom is 0.267 e. The highest BCUT2D eigenvalue weighted by Gasteiger charge is 2.29. The van der Waals surface area contributed by atoms with Crippen molar-refractivity contribution < 1.29 is 13.6 Å². The van der Waals surface area contributed by atoms with Gasteiger partial charge in [0.05, 0.1) is 17.4 Å². The first-order valence-corrected chi connectivity index (χ1v) is 9.32. The van der Waals surface area contributed by atoms with E-state index in [9.17, 15) is 13.6 Å². The number of pyridine rings is 1. The molecule has 152 valence electrons. The van der Waals surface area contributed by atoms with Crippen LogP contribution in [0.3, 0.4) is 0 Å². The Hall–Kier alpha value is -3.04. The zero-order valence-electron chi connectivity index (χ0n) is 16.2. The highest BCUT2D eigenvalue weighted by molar-refractivity contribution is 5.92. The third-order valence-electron chi connectivity index (χ3n) is 5.50. The molecule has 1 aromatic carbocycles. The molecule has 1 atom stereocenters. The molecule has 0 spiro atoms. The average molecular weight is 400 g/mol. The van der Waals surface area contributed by atoms with E-state index in [2.05, 4.69) is 27.8 Å². The Morgan fingerprint density at radius 3 is 2.72 bits per heavy atom. The molecule has 0 saturated heterocycles. The maximum absolute atomic E-state index is 14.5. The zero-order valence-corrected chi connectivity index (χ0v) is 16.2. The molecule has 2 aliphatic rings. The van der Waals surface area contributed by atoms with Crippen LogP contribution in [0.5, 0.6) is 0 Å². The number of rotatable bonds is 4. The second-order valence-corrected chi connectivity index (χ2v) is 7.25. The number of carbonyl (C=O) groups is 1. The standard InChI is InChI=1S/C20H22F2N6O/c1-11(19-9-24-26-27(19)2)28-6-5-14-15(13-4-3-12(21)7-16(13)22)8-17(20(23)29)25-18(14)10-28/h3-4,7-9,11,24,26H,5-6,10H2,1-2H3,(H2,23,29)/t11-/m1/s1. The first-order chi connectivity index (χ1) is 13.8. The third-order valence-corrected chi connectivity index (χ3v) is 5.50. The lowest BCUT2D eigenvalue weighted by Gasteiger charge is -2.36. The molecule has 2 aromatic rings. The van der Waals surface area contributed by atoms with Crippen LogP contribution >= 0.6 is 0 Å². The number of nitrogens with one attached hydrogen (secondary N) is 2. The van der Waals surface area contributed by atoms with Crippen LogP contribution in [0.2, 0.25) is 0 Å². The highest BCUT2D eigenvalue weighted by Crippen LogP contribution is 2.33. The lowest BCUT2D eigenvalue weighted by molar-refractivity contribution is 0.0994. The fraction of sp³-hybridized carbons (Fsp3) is 0.300. The minimum absolute atomic E-state index is 0.0671. The fourth-order valence-electron chi connectivity index (χ4n) is 3.92. The number of primary amides is 1. The maximum atomic E-state index is 14.5. The fourth-order valence-corrected chi connectivity index (χ4v) is 3.92. The van der Waals surface area contributed by atoms with E-state index in [-0.39, 0.29) is 17.3 Å². The molecule has 3 heterocycles. The van der Waals surface area contributed by atoms with Crippen molar-refractivity contribution in [2.24, 2.45) is 5.73 Å². The van der Waals surface area contributed by atoms with Gasteiger partial charge < -0.3 is 11.2 Å². The number of aromatic nitrogens is 1.